The molecule has 2 rings (SSSR count). The quantitative estimate of drug-likeness (QED) is 0.482. The van der Waals surface area contributed by atoms with Crippen molar-refractivity contribution in [2.45, 2.75) is 0 Å². The number of halogens is 1. The summed E-state index contributed by atoms with van der Waals surface area (Å²) in [4.78, 5) is 0. The van der Waals surface area contributed by atoms with Crippen molar-refractivity contribution in [1.82, 2.24) is 0 Å². The Morgan fingerprint density at radius 3 is 2.75 bits per heavy atom. The van der Waals surface area contributed by atoms with E-state index in [-0.39, 0.29) is 0 Å². The highest BCUT2D eigenvalue weighted by atomic mass is 79.9. The van der Waals surface area contributed by atoms with Gasteiger partial charge in [-0.25, -0.2) is 0 Å². The van der Waals surface area contributed by atoms with Crippen molar-refractivity contribution in [3.8, 4) is 5.75 Å². The molecule has 4 heteroatoms. The number of para-hydroxylation sites is 1. The van der Waals surface area contributed by atoms with E-state index in [1.807, 2.05) is 48.5 Å². The summed E-state index contributed by atoms with van der Waals surface area (Å²) >= 11 is 3.44. The lowest BCUT2D eigenvalue weighted by Gasteiger charge is -2.07. The fraction of sp³-hybridized carbons (Fsp3) is 0.0625. The second-order valence-corrected chi connectivity index (χ2v) is 4.93. The summed E-state index contributed by atoms with van der Waals surface area (Å²) in [6.07, 6.45) is 3.45. The second kappa shape index (κ2) is 7.50. The number of nitrogens with zero attached hydrogens (tertiary/aromatic N) is 1. The van der Waals surface area contributed by atoms with Crippen molar-refractivity contribution in [1.29, 1.82) is 0 Å². The van der Waals surface area contributed by atoms with Crippen LogP contribution in [0.5, 0.6) is 5.75 Å². The largest absolute Gasteiger partial charge is 0.489 e. The topological polar surface area (TPSA) is 33.6 Å². The molecule has 0 aliphatic heterocycles. The molecule has 2 aromatic rings. The third-order valence-corrected chi connectivity index (χ3v) is 2.99. The van der Waals surface area contributed by atoms with Crippen LogP contribution in [0.3, 0.4) is 0 Å². The van der Waals surface area contributed by atoms with Gasteiger partial charge in [0, 0.05) is 10.0 Å². The Balaban J connectivity index is 2.10. The van der Waals surface area contributed by atoms with Crippen LogP contribution < -0.4 is 10.2 Å². The number of rotatable bonds is 6. The van der Waals surface area contributed by atoms with Crippen LogP contribution >= 0.6 is 15.9 Å². The summed E-state index contributed by atoms with van der Waals surface area (Å²) in [6.45, 7) is 4.11. The summed E-state index contributed by atoms with van der Waals surface area (Å²) in [7, 11) is 0. The Hall–Kier alpha value is -2.07. The molecule has 102 valence electrons. The van der Waals surface area contributed by atoms with E-state index >= 15 is 0 Å². The summed E-state index contributed by atoms with van der Waals surface area (Å²) in [5, 5.41) is 4.22. The summed E-state index contributed by atoms with van der Waals surface area (Å²) in [5.74, 6) is 0.770. The highest BCUT2D eigenvalue weighted by molar-refractivity contribution is 9.10. The zero-order chi connectivity index (χ0) is 14.2. The Labute approximate surface area is 127 Å². The van der Waals surface area contributed by atoms with E-state index in [2.05, 4.69) is 33.0 Å². The third kappa shape index (κ3) is 4.24. The molecular formula is C16H15BrN2O. The summed E-state index contributed by atoms with van der Waals surface area (Å²) in [5.41, 5.74) is 4.80. The number of anilines is 1. The molecule has 20 heavy (non-hydrogen) atoms. The predicted molar refractivity (Wildman–Crippen MR) is 87.5 cm³/mol. The van der Waals surface area contributed by atoms with Gasteiger partial charge in [0.2, 0.25) is 0 Å². The third-order valence-electron chi connectivity index (χ3n) is 2.50. The zero-order valence-electron chi connectivity index (χ0n) is 10.9. The number of ether oxygens (including phenoxy) is 1. The van der Waals surface area contributed by atoms with E-state index in [1.165, 1.54) is 0 Å². The maximum Gasteiger partial charge on any atom is 0.128 e. The van der Waals surface area contributed by atoms with Crippen LogP contribution in [0.25, 0.3) is 0 Å². The lowest BCUT2D eigenvalue weighted by molar-refractivity contribution is 0.362. The molecule has 0 spiro atoms. The SMILES string of the molecule is C=CCOc1ccc(Br)cc1/C=N/Nc1ccccc1. The van der Waals surface area contributed by atoms with Gasteiger partial charge in [-0.2, -0.15) is 5.10 Å². The van der Waals surface area contributed by atoms with Crippen LogP contribution in [-0.4, -0.2) is 12.8 Å². The second-order valence-electron chi connectivity index (χ2n) is 4.02. The molecule has 3 nitrogen and oxygen atoms in total. The molecule has 0 aromatic heterocycles. The van der Waals surface area contributed by atoms with Gasteiger partial charge < -0.3 is 4.74 Å². The predicted octanol–water partition coefficient (Wildman–Crippen LogP) is 4.46. The van der Waals surface area contributed by atoms with Crippen LogP contribution in [0.1, 0.15) is 5.56 Å². The molecule has 0 radical (unpaired) electrons. The van der Waals surface area contributed by atoms with Crippen molar-refractivity contribution in [3.63, 3.8) is 0 Å². The smallest absolute Gasteiger partial charge is 0.128 e. The van der Waals surface area contributed by atoms with Crippen molar-refractivity contribution >= 4 is 27.8 Å². The highest BCUT2D eigenvalue weighted by Gasteiger charge is 2.01. The van der Waals surface area contributed by atoms with Gasteiger partial charge >= 0.3 is 0 Å². The number of hydrazone groups is 1. The molecule has 0 aliphatic carbocycles. The fourth-order valence-electron chi connectivity index (χ4n) is 1.59. The highest BCUT2D eigenvalue weighted by Crippen LogP contribution is 2.22. The number of hydrogen-bond donors (Lipinski definition) is 1. The number of hydrogen-bond acceptors (Lipinski definition) is 3. The summed E-state index contributed by atoms with van der Waals surface area (Å²) < 4.78 is 6.56. The normalized spacial score (nSPS) is 10.4. The fourth-order valence-corrected chi connectivity index (χ4v) is 1.97. The van der Waals surface area contributed by atoms with E-state index in [1.54, 1.807) is 12.3 Å². The van der Waals surface area contributed by atoms with Gasteiger partial charge in [0.15, 0.2) is 0 Å². The number of nitrogens with one attached hydrogen (secondary N) is 1. The molecule has 0 aliphatic rings. The Kier molecular flexibility index (Phi) is 5.38. The first-order valence-electron chi connectivity index (χ1n) is 6.17. The Morgan fingerprint density at radius 1 is 1.20 bits per heavy atom. The van der Waals surface area contributed by atoms with Gasteiger partial charge in [-0.3, -0.25) is 5.43 Å². The van der Waals surface area contributed by atoms with Crippen LogP contribution in [0.15, 0.2) is 70.8 Å². The molecule has 0 saturated heterocycles. The van der Waals surface area contributed by atoms with Crippen molar-refractivity contribution in [2.75, 3.05) is 12.0 Å². The van der Waals surface area contributed by atoms with Crippen LogP contribution in [-0.2, 0) is 0 Å². The standard InChI is InChI=1S/C16H15BrN2O/c1-2-10-20-16-9-8-14(17)11-13(16)12-18-19-15-6-4-3-5-7-15/h2-9,11-12,19H,1,10H2/b18-12+. The van der Waals surface area contributed by atoms with Crippen molar-refractivity contribution < 1.29 is 4.74 Å². The number of benzene rings is 2. The van der Waals surface area contributed by atoms with E-state index in [9.17, 15) is 0 Å². The Morgan fingerprint density at radius 2 is 2.00 bits per heavy atom. The lowest BCUT2D eigenvalue weighted by Crippen LogP contribution is -1.98. The minimum Gasteiger partial charge on any atom is -0.489 e. The van der Waals surface area contributed by atoms with Gasteiger partial charge in [0.25, 0.3) is 0 Å². The average Bonchev–Trinajstić information content (AvgIpc) is 2.47. The molecule has 1 N–H and O–H groups in total. The van der Waals surface area contributed by atoms with Gasteiger partial charge in [-0.05, 0) is 30.3 Å². The minimum atomic E-state index is 0.467. The molecule has 0 saturated carbocycles. The molecule has 0 atom stereocenters. The molecule has 0 fully saturated rings. The minimum absolute atomic E-state index is 0.467. The zero-order valence-corrected chi connectivity index (χ0v) is 12.5. The maximum absolute atomic E-state index is 5.59. The van der Waals surface area contributed by atoms with Crippen LogP contribution in [0.4, 0.5) is 5.69 Å². The van der Waals surface area contributed by atoms with E-state index in [0.29, 0.717) is 6.61 Å². The van der Waals surface area contributed by atoms with Gasteiger partial charge in [-0.1, -0.05) is 46.8 Å². The first kappa shape index (κ1) is 14.3. The van der Waals surface area contributed by atoms with Crippen LogP contribution in [0, 0.1) is 0 Å². The average molecular weight is 331 g/mol. The van der Waals surface area contributed by atoms with E-state index in [4.69, 9.17) is 4.74 Å². The van der Waals surface area contributed by atoms with Gasteiger partial charge in [-0.15, -0.1) is 0 Å². The van der Waals surface area contributed by atoms with E-state index < -0.39 is 0 Å². The van der Waals surface area contributed by atoms with E-state index in [0.717, 1.165) is 21.5 Å². The molecule has 0 heterocycles. The van der Waals surface area contributed by atoms with Crippen molar-refractivity contribution in [2.24, 2.45) is 5.10 Å². The molecule has 0 unspecified atom stereocenters. The molecule has 2 aromatic carbocycles. The first-order valence-corrected chi connectivity index (χ1v) is 6.96. The molecule has 0 amide bonds. The maximum atomic E-state index is 5.59. The Bertz CT molecular complexity index is 597. The van der Waals surface area contributed by atoms with Crippen LogP contribution in [0.2, 0.25) is 0 Å². The molecule has 0 bridgehead atoms. The first-order chi connectivity index (χ1) is 9.79. The molecular weight excluding hydrogens is 316 g/mol. The summed E-state index contributed by atoms with van der Waals surface area (Å²) in [6, 6.07) is 15.6. The monoisotopic (exact) mass is 330 g/mol. The lowest BCUT2D eigenvalue weighted by atomic mass is 10.2. The van der Waals surface area contributed by atoms with Gasteiger partial charge in [0.1, 0.15) is 12.4 Å². The van der Waals surface area contributed by atoms with Gasteiger partial charge in [0.05, 0.1) is 11.9 Å². The van der Waals surface area contributed by atoms with Crippen molar-refractivity contribution in [3.05, 3.63) is 71.2 Å².